The van der Waals surface area contributed by atoms with Crippen LogP contribution >= 0.6 is 0 Å². The summed E-state index contributed by atoms with van der Waals surface area (Å²) >= 11 is 0. The van der Waals surface area contributed by atoms with Gasteiger partial charge in [-0.25, -0.2) is 22.6 Å². The van der Waals surface area contributed by atoms with E-state index in [2.05, 4.69) is 36.8 Å². The number of rotatable bonds is 5. The monoisotopic (exact) mass is 581 g/mol. The van der Waals surface area contributed by atoms with Gasteiger partial charge in [-0.05, 0) is 56.5 Å². The number of hydrogen-bond acceptors (Lipinski definition) is 7. The maximum atomic E-state index is 14.1. The first-order chi connectivity index (χ1) is 19.7. The van der Waals surface area contributed by atoms with Crippen LogP contribution in [0.5, 0.6) is 0 Å². The molecule has 1 aliphatic carbocycles. The summed E-state index contributed by atoms with van der Waals surface area (Å²) in [5.41, 5.74) is 3.87. The lowest BCUT2D eigenvalue weighted by molar-refractivity contribution is -0.126. The minimum Gasteiger partial charge on any atom is -0.370 e. The number of nitriles is 1. The van der Waals surface area contributed by atoms with Gasteiger partial charge in [0.15, 0.2) is 11.6 Å². The van der Waals surface area contributed by atoms with E-state index in [1.165, 1.54) is 17.2 Å². The molecule has 0 radical (unpaired) electrons. The van der Waals surface area contributed by atoms with Crippen molar-refractivity contribution >= 4 is 21.3 Å². The number of pyridine rings is 1. The number of amides is 1. The molecular formula is C30H40FN7O2S. The van der Waals surface area contributed by atoms with E-state index in [1.807, 2.05) is 25.1 Å². The highest BCUT2D eigenvalue weighted by Crippen LogP contribution is 2.28. The number of aromatic nitrogens is 3. The van der Waals surface area contributed by atoms with Crippen LogP contribution in [0.15, 0.2) is 53.2 Å². The summed E-state index contributed by atoms with van der Waals surface area (Å²) < 4.78 is 32.0. The predicted octanol–water partition coefficient (Wildman–Crippen LogP) is 5.14. The number of nitrogens with zero attached hydrogens (tertiary/aromatic N) is 6. The largest absolute Gasteiger partial charge is 0.370 e. The Morgan fingerprint density at radius 2 is 1.88 bits per heavy atom. The molecule has 0 spiro atoms. The zero-order chi connectivity index (χ0) is 29.4. The molecule has 3 heterocycles. The molecule has 41 heavy (non-hydrogen) atoms. The minimum absolute atomic E-state index is 0. The third-order valence-electron chi connectivity index (χ3n) is 7.71. The van der Waals surface area contributed by atoms with Crippen molar-refractivity contribution in [2.45, 2.75) is 52.0 Å². The van der Waals surface area contributed by atoms with Gasteiger partial charge in [-0.3, -0.25) is 4.79 Å². The van der Waals surface area contributed by atoms with Gasteiger partial charge in [0.2, 0.25) is 5.91 Å². The van der Waals surface area contributed by atoms with Gasteiger partial charge in [-0.2, -0.15) is 10.4 Å². The quantitative estimate of drug-likeness (QED) is 0.446. The molecule has 2 aromatic heterocycles. The second kappa shape index (κ2) is 13.7. The van der Waals surface area contributed by atoms with E-state index in [9.17, 15) is 13.4 Å². The van der Waals surface area contributed by atoms with E-state index in [-0.39, 0.29) is 25.1 Å². The number of carbonyl (C=O) groups excluding carboxylic acids is 1. The lowest BCUT2D eigenvalue weighted by atomic mass is 9.88. The molecule has 5 rings (SSSR count). The van der Waals surface area contributed by atoms with E-state index >= 15 is 0 Å². The van der Waals surface area contributed by atoms with Gasteiger partial charge < -0.3 is 10.2 Å². The molecule has 1 aliphatic heterocycles. The summed E-state index contributed by atoms with van der Waals surface area (Å²) in [6.07, 6.45) is 8.82. The van der Waals surface area contributed by atoms with Crippen molar-refractivity contribution < 1.29 is 14.8 Å². The molecule has 1 saturated heterocycles. The lowest BCUT2D eigenvalue weighted by Gasteiger charge is -2.30. The number of nitrogens with one attached hydrogen (secondary N) is 1. The summed E-state index contributed by atoms with van der Waals surface area (Å²) in [5.74, 6) is 1.22. The Hall–Kier alpha value is -3.78. The molecule has 11 heteroatoms. The molecule has 1 amide bonds. The van der Waals surface area contributed by atoms with Crippen LogP contribution in [0.4, 0.5) is 10.1 Å². The van der Waals surface area contributed by atoms with Gasteiger partial charge in [0.1, 0.15) is 6.04 Å². The van der Waals surface area contributed by atoms with Crippen molar-refractivity contribution in [2.24, 2.45) is 10.3 Å². The van der Waals surface area contributed by atoms with E-state index in [0.717, 1.165) is 61.3 Å². The molecule has 1 atom stereocenters. The van der Waals surface area contributed by atoms with Crippen molar-refractivity contribution in [3.63, 3.8) is 0 Å². The fourth-order valence-electron chi connectivity index (χ4n) is 5.18. The molecule has 220 valence electrons. The molecule has 0 bridgehead atoms. The zero-order valence-corrected chi connectivity index (χ0v) is 24.7. The van der Waals surface area contributed by atoms with Crippen LogP contribution in [0.2, 0.25) is 0 Å². The van der Waals surface area contributed by atoms with E-state index < -0.39 is 15.5 Å². The third-order valence-corrected chi connectivity index (χ3v) is 10.0. The average molecular weight is 582 g/mol. The molecule has 1 N–H and O–H groups in total. The first kappa shape index (κ1) is 30.2. The summed E-state index contributed by atoms with van der Waals surface area (Å²) in [5, 5.41) is 15.5. The third kappa shape index (κ3) is 7.50. The van der Waals surface area contributed by atoms with Crippen LogP contribution in [0.25, 0.3) is 16.9 Å². The molecule has 1 aromatic carbocycles. The van der Waals surface area contributed by atoms with Crippen molar-refractivity contribution in [2.75, 3.05) is 36.5 Å². The normalized spacial score (nSPS) is 17.5. The Kier molecular flexibility index (Phi) is 10.1. The van der Waals surface area contributed by atoms with E-state index in [4.69, 9.17) is 5.26 Å². The maximum absolute atomic E-state index is 14.1. The van der Waals surface area contributed by atoms with Gasteiger partial charge >= 0.3 is 0 Å². The van der Waals surface area contributed by atoms with Crippen LogP contribution in [0.1, 0.15) is 46.1 Å². The van der Waals surface area contributed by atoms with Crippen molar-refractivity contribution in [3.8, 4) is 23.0 Å². The molecule has 2 aliphatic rings. The highest BCUT2D eigenvalue weighted by Gasteiger charge is 2.22. The van der Waals surface area contributed by atoms with Gasteiger partial charge in [0.05, 0.1) is 18.0 Å². The molecule has 1 saturated carbocycles. The maximum Gasteiger partial charge on any atom is 0.224 e. The Bertz CT molecular complexity index is 1490. The van der Waals surface area contributed by atoms with E-state index in [1.54, 1.807) is 32.4 Å². The Morgan fingerprint density at radius 1 is 1.20 bits per heavy atom. The fourth-order valence-corrected chi connectivity index (χ4v) is 6.76. The summed E-state index contributed by atoms with van der Waals surface area (Å²) in [7, 11) is -0.372. The second-order valence-electron chi connectivity index (χ2n) is 10.5. The number of halogens is 1. The summed E-state index contributed by atoms with van der Waals surface area (Å²) in [6.45, 7) is 5.09. The average Bonchev–Trinajstić information content (AvgIpc) is 3.39. The number of carbonyl (C=O) groups is 1. The Morgan fingerprint density at radius 3 is 2.49 bits per heavy atom. The molecule has 0 unspecified atom stereocenters. The second-order valence-corrected chi connectivity index (χ2v) is 13.2. The highest BCUT2D eigenvalue weighted by atomic mass is 32.2. The lowest BCUT2D eigenvalue weighted by Crippen LogP contribution is -2.40. The van der Waals surface area contributed by atoms with Crippen molar-refractivity contribution in [3.05, 3.63) is 60.3 Å². The van der Waals surface area contributed by atoms with Gasteiger partial charge in [0, 0.05) is 66.2 Å². The van der Waals surface area contributed by atoms with Gasteiger partial charge in [0.25, 0.3) is 0 Å². The number of anilines is 1. The van der Waals surface area contributed by atoms with Gasteiger partial charge in [-0.1, -0.05) is 31.4 Å². The van der Waals surface area contributed by atoms with Crippen LogP contribution in [0, 0.1) is 30.0 Å². The topological polar surface area (TPSA) is 116 Å². The number of benzene rings is 1. The van der Waals surface area contributed by atoms with Crippen molar-refractivity contribution in [1.29, 1.82) is 5.26 Å². The predicted molar refractivity (Wildman–Crippen MR) is 162 cm³/mol. The van der Waals surface area contributed by atoms with E-state index in [0.29, 0.717) is 11.5 Å². The van der Waals surface area contributed by atoms with Crippen LogP contribution < -0.4 is 10.2 Å². The summed E-state index contributed by atoms with van der Waals surface area (Å²) in [4.78, 5) is 17.8. The molecular weight excluding hydrogens is 541 g/mol. The Balaban J connectivity index is 0.000000293. The van der Waals surface area contributed by atoms with Crippen LogP contribution in [0.3, 0.4) is 0 Å². The van der Waals surface area contributed by atoms with Crippen molar-refractivity contribution in [1.82, 2.24) is 20.1 Å². The fraction of sp³-hybridized carbons (Fsp3) is 0.467. The van der Waals surface area contributed by atoms with Crippen LogP contribution in [-0.2, 0) is 14.5 Å². The standard InChI is InChI=1S/C20H22FN5OS.C10H16N2O.H2/c1-15-18(14-24-26(15)20-19(21)4-3-9-23-20)16-5-7-17(8-6-16)25-10-12-28(27,22-2)13-11-25;1-8(7-11)12-10(13)9-5-3-2-4-6-9;/h3-9,14H,10-13H2,1-2H3;8-9H,2-6H2,1H3,(H,12,13);1H/t;8-;/m.0./s1. The SMILES string of the molecule is CN=S1(=O)CCN(c2ccc(-c3cnn(-c4ncccc4F)c3C)cc2)CC1.C[C@@H](C#N)NC(=O)C1CCCCC1.[HH]. The smallest absolute Gasteiger partial charge is 0.224 e. The van der Waals surface area contributed by atoms with Crippen LogP contribution in [-0.4, -0.2) is 62.6 Å². The first-order valence-electron chi connectivity index (χ1n) is 14.1. The summed E-state index contributed by atoms with van der Waals surface area (Å²) in [6, 6.07) is 12.8. The Labute approximate surface area is 243 Å². The first-order valence-corrected chi connectivity index (χ1v) is 15.9. The zero-order valence-electron chi connectivity index (χ0n) is 23.9. The highest BCUT2D eigenvalue weighted by molar-refractivity contribution is 7.93. The number of hydrogen-bond donors (Lipinski definition) is 1. The minimum atomic E-state index is -2.02. The molecule has 3 aromatic rings. The molecule has 9 nitrogen and oxygen atoms in total. The molecule has 2 fully saturated rings. The van der Waals surface area contributed by atoms with Gasteiger partial charge in [-0.15, -0.1) is 0 Å².